The van der Waals surface area contributed by atoms with Crippen LogP contribution in [0.4, 0.5) is 5.95 Å². The highest BCUT2D eigenvalue weighted by atomic mass is 32.2. The van der Waals surface area contributed by atoms with Gasteiger partial charge >= 0.3 is 0 Å². The van der Waals surface area contributed by atoms with Crippen molar-refractivity contribution in [1.82, 2.24) is 29.7 Å². The topological polar surface area (TPSA) is 115 Å². The summed E-state index contributed by atoms with van der Waals surface area (Å²) in [5, 5.41) is 10.4. The van der Waals surface area contributed by atoms with Crippen molar-refractivity contribution >= 4 is 16.0 Å². The summed E-state index contributed by atoms with van der Waals surface area (Å²) in [4.78, 5) is 7.93. The molecule has 114 valence electrons. The quantitative estimate of drug-likeness (QED) is 0.652. The Bertz CT molecular complexity index is 640. The van der Waals surface area contributed by atoms with Crippen LogP contribution in [0.1, 0.15) is 13.3 Å². The third-order valence-corrected chi connectivity index (χ3v) is 4.02. The van der Waals surface area contributed by atoms with Gasteiger partial charge in [0.25, 0.3) is 0 Å². The van der Waals surface area contributed by atoms with Gasteiger partial charge in [-0.2, -0.15) is 0 Å². The van der Waals surface area contributed by atoms with Crippen molar-refractivity contribution in [2.24, 2.45) is 0 Å². The Labute approximate surface area is 122 Å². The fourth-order valence-corrected chi connectivity index (χ4v) is 2.55. The third-order valence-electron chi connectivity index (χ3n) is 2.60. The van der Waals surface area contributed by atoms with E-state index in [1.807, 2.05) is 6.92 Å². The number of sulfonamides is 1. The number of nitrogens with zero attached hydrogens (tertiary/aromatic N) is 5. The molecule has 10 heteroatoms. The van der Waals surface area contributed by atoms with Gasteiger partial charge in [0.2, 0.25) is 16.0 Å². The number of hydrogen-bond acceptors (Lipinski definition) is 7. The lowest BCUT2D eigenvalue weighted by Crippen LogP contribution is -2.26. The molecule has 2 N–H and O–H groups in total. The van der Waals surface area contributed by atoms with Gasteiger partial charge in [-0.1, -0.05) is 5.21 Å². The summed E-state index contributed by atoms with van der Waals surface area (Å²) in [5.41, 5.74) is 0. The zero-order valence-corrected chi connectivity index (χ0v) is 12.4. The van der Waals surface area contributed by atoms with Gasteiger partial charge < -0.3 is 5.32 Å². The average Bonchev–Trinajstić information content (AvgIpc) is 2.98. The van der Waals surface area contributed by atoms with Gasteiger partial charge in [-0.25, -0.2) is 23.1 Å². The monoisotopic (exact) mass is 311 g/mol. The van der Waals surface area contributed by atoms with Crippen molar-refractivity contribution in [3.05, 3.63) is 24.8 Å². The first-order chi connectivity index (χ1) is 10.1. The molecule has 0 amide bonds. The van der Waals surface area contributed by atoms with E-state index in [1.54, 1.807) is 17.1 Å². The second-order valence-corrected chi connectivity index (χ2v) is 5.96. The molecule has 2 heterocycles. The lowest BCUT2D eigenvalue weighted by Gasteiger charge is -2.07. The molecular weight excluding hydrogens is 294 g/mol. The largest absolute Gasteiger partial charge is 0.355 e. The predicted molar refractivity (Wildman–Crippen MR) is 76.0 cm³/mol. The molecule has 2 aromatic rings. The van der Waals surface area contributed by atoms with Crippen LogP contribution in [0.15, 0.2) is 29.7 Å². The maximum atomic E-state index is 12.0. The minimum Gasteiger partial charge on any atom is -0.355 e. The maximum absolute atomic E-state index is 12.0. The first-order valence-electron chi connectivity index (χ1n) is 6.51. The van der Waals surface area contributed by atoms with Crippen molar-refractivity contribution in [2.45, 2.75) is 24.8 Å². The molecule has 0 atom stereocenters. The van der Waals surface area contributed by atoms with Crippen LogP contribution in [0.3, 0.4) is 0 Å². The lowest BCUT2D eigenvalue weighted by molar-refractivity contribution is 0.542. The summed E-state index contributed by atoms with van der Waals surface area (Å²) in [7, 11) is -3.58. The zero-order valence-electron chi connectivity index (χ0n) is 11.6. The molecule has 0 aliphatic heterocycles. The standard InChI is InChI=1S/C11H17N7O2S/c1-2-12-11-13-8-10(9-14-11)21(19,20)16-4-3-6-18-7-5-15-17-18/h5,7-9,16H,2-4,6H2,1H3,(H,12,13,14). The second-order valence-electron chi connectivity index (χ2n) is 4.19. The third kappa shape index (κ3) is 4.46. The number of rotatable bonds is 8. The van der Waals surface area contributed by atoms with Crippen LogP contribution >= 0.6 is 0 Å². The molecule has 0 unspecified atom stereocenters. The van der Waals surface area contributed by atoms with E-state index < -0.39 is 10.0 Å². The molecule has 0 saturated carbocycles. The second kappa shape index (κ2) is 7.09. The molecule has 2 rings (SSSR count). The molecule has 2 aromatic heterocycles. The molecule has 0 bridgehead atoms. The van der Waals surface area contributed by atoms with Crippen LogP contribution in [0.5, 0.6) is 0 Å². The number of anilines is 1. The summed E-state index contributed by atoms with van der Waals surface area (Å²) in [6.45, 7) is 3.48. The normalized spacial score (nSPS) is 11.5. The van der Waals surface area contributed by atoms with Crippen LogP contribution in [-0.4, -0.2) is 46.5 Å². The van der Waals surface area contributed by atoms with Crippen molar-refractivity contribution in [3.63, 3.8) is 0 Å². The SMILES string of the molecule is CCNc1ncc(S(=O)(=O)NCCCn2ccnn2)cn1. The van der Waals surface area contributed by atoms with E-state index in [0.29, 0.717) is 32.0 Å². The van der Waals surface area contributed by atoms with Crippen molar-refractivity contribution in [3.8, 4) is 0 Å². The van der Waals surface area contributed by atoms with E-state index in [4.69, 9.17) is 0 Å². The van der Waals surface area contributed by atoms with E-state index in [0.717, 1.165) is 0 Å². The van der Waals surface area contributed by atoms with Crippen LogP contribution in [0.2, 0.25) is 0 Å². The van der Waals surface area contributed by atoms with Crippen molar-refractivity contribution < 1.29 is 8.42 Å². The Hall–Kier alpha value is -2.07. The highest BCUT2D eigenvalue weighted by Gasteiger charge is 2.14. The Morgan fingerprint density at radius 1 is 1.29 bits per heavy atom. The van der Waals surface area contributed by atoms with Crippen LogP contribution in [0, 0.1) is 0 Å². The Balaban J connectivity index is 1.85. The summed E-state index contributed by atoms with van der Waals surface area (Å²) < 4.78 is 28.2. The van der Waals surface area contributed by atoms with Crippen molar-refractivity contribution in [2.75, 3.05) is 18.4 Å². The fraction of sp³-hybridized carbons (Fsp3) is 0.455. The van der Waals surface area contributed by atoms with Gasteiger partial charge in [0.05, 0.1) is 18.6 Å². The Kier molecular flexibility index (Phi) is 5.17. The van der Waals surface area contributed by atoms with E-state index in [1.165, 1.54) is 12.4 Å². The van der Waals surface area contributed by atoms with Gasteiger partial charge in [-0.15, -0.1) is 5.10 Å². The van der Waals surface area contributed by atoms with Crippen LogP contribution < -0.4 is 10.0 Å². The summed E-state index contributed by atoms with van der Waals surface area (Å²) >= 11 is 0. The van der Waals surface area contributed by atoms with Gasteiger partial charge in [0, 0.05) is 25.8 Å². The maximum Gasteiger partial charge on any atom is 0.243 e. The first kappa shape index (κ1) is 15.3. The fourth-order valence-electron chi connectivity index (χ4n) is 1.59. The van der Waals surface area contributed by atoms with E-state index in [-0.39, 0.29) is 4.90 Å². The smallest absolute Gasteiger partial charge is 0.243 e. The minimum absolute atomic E-state index is 0.0462. The Morgan fingerprint density at radius 2 is 2.05 bits per heavy atom. The number of aryl methyl sites for hydroxylation is 1. The van der Waals surface area contributed by atoms with Gasteiger partial charge in [0.15, 0.2) is 0 Å². The average molecular weight is 311 g/mol. The molecule has 9 nitrogen and oxygen atoms in total. The highest BCUT2D eigenvalue weighted by Crippen LogP contribution is 2.07. The molecule has 0 fully saturated rings. The molecule has 0 aromatic carbocycles. The minimum atomic E-state index is -3.58. The van der Waals surface area contributed by atoms with E-state index in [2.05, 4.69) is 30.3 Å². The molecule has 0 spiro atoms. The number of hydrogen-bond donors (Lipinski definition) is 2. The Morgan fingerprint density at radius 3 is 2.67 bits per heavy atom. The van der Waals surface area contributed by atoms with Crippen LogP contribution in [-0.2, 0) is 16.6 Å². The van der Waals surface area contributed by atoms with Gasteiger partial charge in [0.1, 0.15) is 4.90 Å². The predicted octanol–water partition coefficient (Wildman–Crippen LogP) is -0.131. The van der Waals surface area contributed by atoms with Gasteiger partial charge in [-0.05, 0) is 13.3 Å². The summed E-state index contributed by atoms with van der Waals surface area (Å²) in [6.07, 6.45) is 6.48. The van der Waals surface area contributed by atoms with Crippen LogP contribution in [0.25, 0.3) is 0 Å². The molecule has 0 saturated heterocycles. The first-order valence-corrected chi connectivity index (χ1v) is 8.00. The zero-order chi connectivity index (χ0) is 15.1. The summed E-state index contributed by atoms with van der Waals surface area (Å²) in [6, 6.07) is 0. The number of aromatic nitrogens is 5. The van der Waals surface area contributed by atoms with Gasteiger partial charge in [-0.3, -0.25) is 4.68 Å². The van der Waals surface area contributed by atoms with E-state index in [9.17, 15) is 8.42 Å². The van der Waals surface area contributed by atoms with Crippen molar-refractivity contribution in [1.29, 1.82) is 0 Å². The lowest BCUT2D eigenvalue weighted by atomic mass is 10.4. The molecule has 0 aliphatic rings. The molecule has 0 aliphatic carbocycles. The highest BCUT2D eigenvalue weighted by molar-refractivity contribution is 7.89. The molecular formula is C11H17N7O2S. The summed E-state index contributed by atoms with van der Waals surface area (Å²) in [5.74, 6) is 0.405. The number of nitrogens with one attached hydrogen (secondary N) is 2. The molecule has 0 radical (unpaired) electrons. The molecule has 21 heavy (non-hydrogen) atoms. The van der Waals surface area contributed by atoms with E-state index >= 15 is 0 Å².